The topological polar surface area (TPSA) is 54.4 Å². The molecular weight excluding hydrogens is 144 g/mol. The first kappa shape index (κ1) is 12.8. The first-order chi connectivity index (χ1) is 4.86. The van der Waals surface area contributed by atoms with Gasteiger partial charge in [0.15, 0.2) is 0 Å². The Morgan fingerprint density at radius 1 is 1.27 bits per heavy atom. The van der Waals surface area contributed by atoms with E-state index in [1.165, 1.54) is 13.8 Å². The van der Waals surface area contributed by atoms with E-state index in [9.17, 15) is 9.59 Å². The van der Waals surface area contributed by atoms with Crippen LogP contribution < -0.4 is 0 Å². The number of carbonyl (C=O) groups is 2. The molecule has 0 fully saturated rings. The van der Waals surface area contributed by atoms with Crippen LogP contribution in [-0.4, -0.2) is 16.9 Å². The van der Waals surface area contributed by atoms with Gasteiger partial charge in [-0.2, -0.15) is 0 Å². The maximum absolute atomic E-state index is 9.81. The second kappa shape index (κ2) is 7.25. The predicted octanol–water partition coefficient (Wildman–Crippen LogP) is 1.71. The Hall–Kier alpha value is -0.860. The highest BCUT2D eigenvalue weighted by atomic mass is 16.4. The van der Waals surface area contributed by atoms with Gasteiger partial charge in [-0.3, -0.25) is 4.79 Å². The molecule has 0 unspecified atom stereocenters. The van der Waals surface area contributed by atoms with Crippen LogP contribution in [0.3, 0.4) is 0 Å². The van der Waals surface area contributed by atoms with Crippen molar-refractivity contribution in [2.45, 2.75) is 34.1 Å². The number of aliphatic carboxylic acids is 1. The van der Waals surface area contributed by atoms with E-state index < -0.39 is 5.97 Å². The van der Waals surface area contributed by atoms with Crippen molar-refractivity contribution in [2.24, 2.45) is 5.92 Å². The Morgan fingerprint density at radius 2 is 1.55 bits per heavy atom. The summed E-state index contributed by atoms with van der Waals surface area (Å²) in [6.07, 6.45) is 0.278. The summed E-state index contributed by atoms with van der Waals surface area (Å²) in [5.41, 5.74) is 0. The smallest absolute Gasteiger partial charge is 0.303 e. The van der Waals surface area contributed by atoms with Crippen molar-refractivity contribution >= 4 is 11.8 Å². The molecule has 0 spiro atoms. The molecule has 0 aromatic rings. The van der Waals surface area contributed by atoms with Gasteiger partial charge in [0.1, 0.15) is 5.78 Å². The number of Topliss-reactive ketones (excluding diaryl/α,β-unsaturated/α-hetero) is 1. The molecule has 3 heteroatoms. The minimum atomic E-state index is -0.713. The molecule has 0 aliphatic heterocycles. The van der Waals surface area contributed by atoms with Gasteiger partial charge >= 0.3 is 5.97 Å². The van der Waals surface area contributed by atoms with Crippen molar-refractivity contribution in [1.82, 2.24) is 0 Å². The summed E-state index contributed by atoms with van der Waals surface area (Å²) in [5.74, 6) is -0.271. The molecule has 0 amide bonds. The third-order valence-electron chi connectivity index (χ3n) is 0.583. The molecule has 0 aliphatic carbocycles. The van der Waals surface area contributed by atoms with Crippen molar-refractivity contribution in [3.05, 3.63) is 0 Å². The lowest BCUT2D eigenvalue weighted by molar-refractivity contribution is -0.137. The Kier molecular flexibility index (Phi) is 8.43. The minimum Gasteiger partial charge on any atom is -0.481 e. The number of ketones is 1. The van der Waals surface area contributed by atoms with E-state index in [1.807, 2.05) is 13.8 Å². The molecule has 66 valence electrons. The van der Waals surface area contributed by atoms with Gasteiger partial charge in [0.05, 0.1) is 0 Å². The van der Waals surface area contributed by atoms with Crippen LogP contribution in [0.15, 0.2) is 0 Å². The van der Waals surface area contributed by atoms with Crippen LogP contribution in [0.4, 0.5) is 0 Å². The summed E-state index contributed by atoms with van der Waals surface area (Å²) < 4.78 is 0. The second-order valence-corrected chi connectivity index (χ2v) is 2.90. The lowest BCUT2D eigenvalue weighted by Crippen LogP contribution is -1.99. The van der Waals surface area contributed by atoms with Crippen molar-refractivity contribution in [1.29, 1.82) is 0 Å². The van der Waals surface area contributed by atoms with Gasteiger partial charge < -0.3 is 9.90 Å². The van der Waals surface area contributed by atoms with Gasteiger partial charge in [-0.1, -0.05) is 13.8 Å². The largest absolute Gasteiger partial charge is 0.481 e. The Bertz CT molecular complexity index is 123. The highest BCUT2D eigenvalue weighted by Crippen LogP contribution is 1.96. The zero-order valence-electron chi connectivity index (χ0n) is 7.55. The number of carbonyl (C=O) groups excluding carboxylic acids is 1. The Labute approximate surface area is 67.4 Å². The highest BCUT2D eigenvalue weighted by molar-refractivity contribution is 5.72. The van der Waals surface area contributed by atoms with Gasteiger partial charge in [-0.25, -0.2) is 0 Å². The summed E-state index contributed by atoms with van der Waals surface area (Å²) in [6.45, 7) is 6.82. The Balaban J connectivity index is 0. The van der Waals surface area contributed by atoms with E-state index >= 15 is 0 Å². The third-order valence-corrected chi connectivity index (χ3v) is 0.583. The molecule has 0 rings (SSSR count). The average Bonchev–Trinajstić information content (AvgIpc) is 1.56. The van der Waals surface area contributed by atoms with Crippen LogP contribution in [0.2, 0.25) is 0 Å². The molecule has 3 nitrogen and oxygen atoms in total. The molecule has 0 bridgehead atoms. The zero-order chi connectivity index (χ0) is 9.44. The SMILES string of the molecule is CC(C)=O.CC(C)CC(=O)O. The van der Waals surface area contributed by atoms with E-state index in [-0.39, 0.29) is 18.1 Å². The van der Waals surface area contributed by atoms with Crippen LogP contribution in [-0.2, 0) is 9.59 Å². The van der Waals surface area contributed by atoms with Gasteiger partial charge in [0.2, 0.25) is 0 Å². The van der Waals surface area contributed by atoms with E-state index in [4.69, 9.17) is 5.11 Å². The fraction of sp³-hybridized carbons (Fsp3) is 0.750. The van der Waals surface area contributed by atoms with Gasteiger partial charge in [0.25, 0.3) is 0 Å². The van der Waals surface area contributed by atoms with Crippen molar-refractivity contribution < 1.29 is 14.7 Å². The lowest BCUT2D eigenvalue weighted by atomic mass is 10.1. The molecule has 11 heavy (non-hydrogen) atoms. The molecule has 1 N–H and O–H groups in total. The van der Waals surface area contributed by atoms with E-state index in [0.717, 1.165) is 0 Å². The maximum Gasteiger partial charge on any atom is 0.303 e. The minimum absolute atomic E-state index is 0.167. The summed E-state index contributed by atoms with van der Waals surface area (Å²) in [4.78, 5) is 19.3. The van der Waals surface area contributed by atoms with E-state index in [1.54, 1.807) is 0 Å². The van der Waals surface area contributed by atoms with Crippen molar-refractivity contribution in [2.75, 3.05) is 0 Å². The molecule has 0 aromatic carbocycles. The molecule has 0 saturated carbocycles. The second-order valence-electron chi connectivity index (χ2n) is 2.90. The molecule has 0 heterocycles. The monoisotopic (exact) mass is 160 g/mol. The fourth-order valence-electron chi connectivity index (χ4n) is 0.349. The standard InChI is InChI=1S/C5H10O2.C3H6O/c1-4(2)3-5(6)7;1-3(2)4/h4H,3H2,1-2H3,(H,6,7);1-2H3. The van der Waals surface area contributed by atoms with E-state index in [0.29, 0.717) is 0 Å². The predicted molar refractivity (Wildman–Crippen MR) is 43.4 cm³/mol. The van der Waals surface area contributed by atoms with Gasteiger partial charge in [-0.05, 0) is 19.8 Å². The quantitative estimate of drug-likeness (QED) is 0.669. The molecular formula is C8H16O3. The van der Waals surface area contributed by atoms with Gasteiger partial charge in [0, 0.05) is 6.42 Å². The number of hydrogen-bond acceptors (Lipinski definition) is 2. The molecule has 0 radical (unpaired) electrons. The fourth-order valence-corrected chi connectivity index (χ4v) is 0.349. The molecule has 0 atom stereocenters. The molecule has 0 saturated heterocycles. The molecule has 0 aromatic heterocycles. The van der Waals surface area contributed by atoms with Crippen LogP contribution in [0, 0.1) is 5.92 Å². The first-order valence-corrected chi connectivity index (χ1v) is 3.55. The number of rotatable bonds is 2. The number of carboxylic acids is 1. The summed E-state index contributed by atoms with van der Waals surface area (Å²) in [5, 5.41) is 8.08. The van der Waals surface area contributed by atoms with Gasteiger partial charge in [-0.15, -0.1) is 0 Å². The third kappa shape index (κ3) is 47.3. The zero-order valence-corrected chi connectivity index (χ0v) is 7.55. The first-order valence-electron chi connectivity index (χ1n) is 3.55. The maximum atomic E-state index is 9.81. The lowest BCUT2D eigenvalue weighted by Gasteiger charge is -1.94. The average molecular weight is 160 g/mol. The highest BCUT2D eigenvalue weighted by Gasteiger charge is 1.98. The number of carboxylic acid groups (broad SMARTS) is 1. The van der Waals surface area contributed by atoms with Crippen molar-refractivity contribution in [3.63, 3.8) is 0 Å². The van der Waals surface area contributed by atoms with Crippen LogP contribution in [0.1, 0.15) is 34.1 Å². The Morgan fingerprint density at radius 3 is 1.55 bits per heavy atom. The van der Waals surface area contributed by atoms with Crippen LogP contribution in [0.5, 0.6) is 0 Å². The number of hydrogen-bond donors (Lipinski definition) is 1. The normalized spacial score (nSPS) is 8.45. The summed E-state index contributed by atoms with van der Waals surface area (Å²) in [6, 6.07) is 0. The summed E-state index contributed by atoms with van der Waals surface area (Å²) >= 11 is 0. The van der Waals surface area contributed by atoms with Crippen LogP contribution in [0.25, 0.3) is 0 Å². The summed E-state index contributed by atoms with van der Waals surface area (Å²) in [7, 11) is 0. The van der Waals surface area contributed by atoms with Crippen molar-refractivity contribution in [3.8, 4) is 0 Å². The van der Waals surface area contributed by atoms with Crippen LogP contribution >= 0.6 is 0 Å². The van der Waals surface area contributed by atoms with E-state index in [2.05, 4.69) is 0 Å². The molecule has 0 aliphatic rings.